The number of nitrogens with one attached hydrogen (secondary N) is 1. The number of hydrogen-bond acceptors (Lipinski definition) is 9. The number of rotatable bonds is 5. The van der Waals surface area contributed by atoms with Crippen molar-refractivity contribution in [3.05, 3.63) is 78.0 Å². The molecular weight excluding hydrogens is 462 g/mol. The van der Waals surface area contributed by atoms with Crippen molar-refractivity contribution in [2.45, 2.75) is 6.92 Å². The number of aryl methyl sites for hydroxylation is 1. The molecule has 0 aliphatic carbocycles. The largest absolute Gasteiger partial charge is 0.496 e. The van der Waals surface area contributed by atoms with E-state index < -0.39 is 5.91 Å². The maximum atomic E-state index is 13.3. The number of nitriles is 1. The van der Waals surface area contributed by atoms with Gasteiger partial charge in [-0.1, -0.05) is 11.3 Å². The smallest absolute Gasteiger partial charge is 0.259 e. The van der Waals surface area contributed by atoms with Gasteiger partial charge in [0.05, 0.1) is 36.2 Å². The van der Waals surface area contributed by atoms with E-state index in [9.17, 15) is 10.1 Å². The van der Waals surface area contributed by atoms with Gasteiger partial charge in [-0.3, -0.25) is 20.1 Å². The van der Waals surface area contributed by atoms with Gasteiger partial charge in [0.15, 0.2) is 15.6 Å². The quantitative estimate of drug-likeness (QED) is 0.386. The zero-order valence-electron chi connectivity index (χ0n) is 18.7. The molecule has 4 heterocycles. The van der Waals surface area contributed by atoms with Crippen molar-refractivity contribution in [1.29, 1.82) is 5.26 Å². The van der Waals surface area contributed by atoms with Gasteiger partial charge in [-0.2, -0.15) is 10.2 Å². The normalized spacial score (nSPS) is 10.7. The van der Waals surface area contributed by atoms with E-state index in [0.717, 1.165) is 11.3 Å². The lowest BCUT2D eigenvalue weighted by atomic mass is 9.97. The number of carbonyl (C=O) groups is 1. The fourth-order valence-corrected chi connectivity index (χ4v) is 4.35. The molecule has 1 amide bonds. The molecule has 0 radical (unpaired) electrons. The molecule has 0 aliphatic heterocycles. The zero-order valence-corrected chi connectivity index (χ0v) is 19.5. The number of benzene rings is 1. The maximum absolute atomic E-state index is 13.3. The van der Waals surface area contributed by atoms with E-state index in [2.05, 4.69) is 36.3 Å². The molecule has 10 heteroatoms. The Hall–Kier alpha value is -4.75. The molecule has 0 fully saturated rings. The lowest BCUT2D eigenvalue weighted by molar-refractivity contribution is 0.102. The number of amides is 1. The number of nitrogens with zero attached hydrogens (tertiary/aromatic N) is 6. The molecule has 5 rings (SSSR count). The van der Waals surface area contributed by atoms with Gasteiger partial charge in [-0.15, -0.1) is 0 Å². The fourth-order valence-electron chi connectivity index (χ4n) is 3.55. The second-order valence-electron chi connectivity index (χ2n) is 7.49. The second kappa shape index (κ2) is 9.24. The van der Waals surface area contributed by atoms with Crippen LogP contribution < -0.4 is 10.1 Å². The number of methoxy groups -OCH3 is 1. The average molecular weight is 480 g/mol. The van der Waals surface area contributed by atoms with Gasteiger partial charge in [0, 0.05) is 41.0 Å². The van der Waals surface area contributed by atoms with Gasteiger partial charge in [-0.05, 0) is 43.3 Å². The minimum atomic E-state index is -0.398. The molecule has 0 saturated carbocycles. The third-order valence-corrected chi connectivity index (χ3v) is 6.08. The summed E-state index contributed by atoms with van der Waals surface area (Å²) in [4.78, 5) is 35.6. The predicted octanol–water partition coefficient (Wildman–Crippen LogP) is 4.65. The van der Waals surface area contributed by atoms with Gasteiger partial charge in [0.2, 0.25) is 0 Å². The van der Waals surface area contributed by atoms with E-state index in [1.165, 1.54) is 17.5 Å². The molecule has 170 valence electrons. The number of ether oxygens (including phenoxy) is 1. The number of thiazole rings is 1. The van der Waals surface area contributed by atoms with Crippen LogP contribution in [-0.2, 0) is 0 Å². The summed E-state index contributed by atoms with van der Waals surface area (Å²) in [5.74, 6) is 0.144. The zero-order chi connectivity index (χ0) is 24.4. The van der Waals surface area contributed by atoms with Crippen LogP contribution in [0.2, 0.25) is 0 Å². The highest BCUT2D eigenvalue weighted by Crippen LogP contribution is 2.34. The van der Waals surface area contributed by atoms with Crippen LogP contribution in [0.15, 0.2) is 61.2 Å². The Bertz CT molecular complexity index is 1610. The Labute approximate surface area is 204 Å². The maximum Gasteiger partial charge on any atom is 0.259 e. The molecule has 1 N–H and O–H groups in total. The van der Waals surface area contributed by atoms with E-state index in [0.29, 0.717) is 49.3 Å². The molecule has 5 aromatic rings. The molecule has 0 unspecified atom stereocenters. The summed E-state index contributed by atoms with van der Waals surface area (Å²) in [5, 5.41) is 12.6. The van der Waals surface area contributed by atoms with Gasteiger partial charge in [-0.25, -0.2) is 9.97 Å². The summed E-state index contributed by atoms with van der Waals surface area (Å²) < 4.78 is 5.49. The summed E-state index contributed by atoms with van der Waals surface area (Å²) in [7, 11) is 1.54. The first kappa shape index (κ1) is 22.1. The lowest BCUT2D eigenvalue weighted by Crippen LogP contribution is -2.14. The van der Waals surface area contributed by atoms with Crippen LogP contribution in [0.3, 0.4) is 0 Å². The van der Waals surface area contributed by atoms with Gasteiger partial charge >= 0.3 is 0 Å². The standard InChI is InChI=1S/C25H17N7O2S/c1-14-9-17(18-10-15(11-26)3-4-21(18)34-2)19(12-28-14)23(33)32-25-31-22-24(35-25)30-20(13-29-22)16-5-7-27-8-6-16/h3-10,12-13H,1-2H3,(H,29,31,32,33). The summed E-state index contributed by atoms with van der Waals surface area (Å²) >= 11 is 1.23. The van der Waals surface area contributed by atoms with Crippen molar-refractivity contribution in [3.63, 3.8) is 0 Å². The van der Waals surface area contributed by atoms with Gasteiger partial charge in [0.25, 0.3) is 5.91 Å². The Kier molecular flexibility index (Phi) is 5.83. The molecule has 0 spiro atoms. The third kappa shape index (κ3) is 4.40. The highest BCUT2D eigenvalue weighted by atomic mass is 32.1. The van der Waals surface area contributed by atoms with Crippen molar-refractivity contribution in [2.75, 3.05) is 12.4 Å². The van der Waals surface area contributed by atoms with Crippen LogP contribution in [0.25, 0.3) is 32.9 Å². The number of anilines is 1. The highest BCUT2D eigenvalue weighted by molar-refractivity contribution is 7.21. The lowest BCUT2D eigenvalue weighted by Gasteiger charge is -2.13. The molecule has 35 heavy (non-hydrogen) atoms. The summed E-state index contributed by atoms with van der Waals surface area (Å²) in [5.41, 5.74) is 4.73. The van der Waals surface area contributed by atoms with Crippen molar-refractivity contribution in [1.82, 2.24) is 24.9 Å². The van der Waals surface area contributed by atoms with E-state index >= 15 is 0 Å². The molecule has 0 atom stereocenters. The highest BCUT2D eigenvalue weighted by Gasteiger charge is 2.19. The van der Waals surface area contributed by atoms with Crippen molar-refractivity contribution < 1.29 is 9.53 Å². The predicted molar refractivity (Wildman–Crippen MR) is 132 cm³/mol. The first-order valence-corrected chi connectivity index (χ1v) is 11.3. The van der Waals surface area contributed by atoms with Crippen LogP contribution in [0.5, 0.6) is 5.75 Å². The second-order valence-corrected chi connectivity index (χ2v) is 8.47. The Balaban J connectivity index is 1.50. The summed E-state index contributed by atoms with van der Waals surface area (Å²) in [6.07, 6.45) is 6.52. The fraction of sp³-hybridized carbons (Fsp3) is 0.0800. The minimum Gasteiger partial charge on any atom is -0.496 e. The van der Waals surface area contributed by atoms with Gasteiger partial charge < -0.3 is 4.74 Å². The molecule has 0 saturated heterocycles. The Morgan fingerprint density at radius 2 is 1.89 bits per heavy atom. The van der Waals surface area contributed by atoms with Crippen LogP contribution in [-0.4, -0.2) is 37.9 Å². The van der Waals surface area contributed by atoms with Crippen molar-refractivity contribution in [2.24, 2.45) is 0 Å². The first-order valence-electron chi connectivity index (χ1n) is 10.5. The van der Waals surface area contributed by atoms with Crippen molar-refractivity contribution >= 4 is 32.9 Å². The average Bonchev–Trinajstić information content (AvgIpc) is 3.30. The van der Waals surface area contributed by atoms with E-state index in [1.807, 2.05) is 19.1 Å². The molecular formula is C25H17N7O2S. The number of fused-ring (bicyclic) bond motifs is 1. The Morgan fingerprint density at radius 1 is 1.06 bits per heavy atom. The third-order valence-electron chi connectivity index (χ3n) is 5.22. The minimum absolute atomic E-state index is 0.321. The van der Waals surface area contributed by atoms with Crippen molar-refractivity contribution in [3.8, 4) is 34.2 Å². The number of aromatic nitrogens is 5. The SMILES string of the molecule is COc1ccc(C#N)cc1-c1cc(C)ncc1C(=O)Nc1nc2ncc(-c3ccncc3)nc2s1. The van der Waals surface area contributed by atoms with Crippen LogP contribution in [0, 0.1) is 18.3 Å². The summed E-state index contributed by atoms with van der Waals surface area (Å²) in [6.45, 7) is 1.83. The monoisotopic (exact) mass is 479 g/mol. The van der Waals surface area contributed by atoms with E-state index in [-0.39, 0.29) is 0 Å². The number of carbonyl (C=O) groups excluding carboxylic acids is 1. The van der Waals surface area contributed by atoms with Crippen LogP contribution in [0.4, 0.5) is 5.13 Å². The molecule has 4 aromatic heterocycles. The molecule has 9 nitrogen and oxygen atoms in total. The van der Waals surface area contributed by atoms with E-state index in [1.54, 1.807) is 50.0 Å². The van der Waals surface area contributed by atoms with Gasteiger partial charge in [0.1, 0.15) is 5.75 Å². The molecule has 0 aliphatic rings. The number of pyridine rings is 2. The molecule has 0 bridgehead atoms. The number of hydrogen-bond donors (Lipinski definition) is 1. The van der Waals surface area contributed by atoms with Crippen LogP contribution in [0.1, 0.15) is 21.6 Å². The first-order chi connectivity index (χ1) is 17.1. The van der Waals surface area contributed by atoms with Crippen LogP contribution >= 0.6 is 11.3 Å². The van der Waals surface area contributed by atoms with E-state index in [4.69, 9.17) is 4.74 Å². The summed E-state index contributed by atoms with van der Waals surface area (Å²) in [6, 6.07) is 12.7. The molecule has 1 aromatic carbocycles. The topological polar surface area (TPSA) is 127 Å². The Morgan fingerprint density at radius 3 is 2.66 bits per heavy atom.